The van der Waals surface area contributed by atoms with E-state index >= 15 is 0 Å². The molecule has 1 atom stereocenters. The maximum Gasteiger partial charge on any atom is 0.331 e. The summed E-state index contributed by atoms with van der Waals surface area (Å²) in [5.41, 5.74) is 1.00. The third-order valence-corrected chi connectivity index (χ3v) is 1.85. The van der Waals surface area contributed by atoms with E-state index in [1.807, 2.05) is 18.2 Å². The molecule has 0 amide bonds. The molecule has 1 aliphatic rings. The van der Waals surface area contributed by atoms with Gasteiger partial charge in [0.1, 0.15) is 6.23 Å². The molecule has 0 saturated heterocycles. The van der Waals surface area contributed by atoms with Crippen molar-refractivity contribution < 1.29 is 15.0 Å². The van der Waals surface area contributed by atoms with E-state index in [1.54, 1.807) is 0 Å². The Balaban J connectivity index is 2.46. The molecule has 0 aromatic carbocycles. The van der Waals surface area contributed by atoms with Crippen LogP contribution in [0.25, 0.3) is 0 Å². The Morgan fingerprint density at radius 1 is 1.71 bits per heavy atom. The summed E-state index contributed by atoms with van der Waals surface area (Å²) in [4.78, 5) is 10.4. The van der Waals surface area contributed by atoms with Gasteiger partial charge in [0.15, 0.2) is 0 Å². The van der Waals surface area contributed by atoms with E-state index in [1.165, 1.54) is 13.0 Å². The minimum Gasteiger partial charge on any atom is -0.478 e. The molecule has 0 aromatic rings. The summed E-state index contributed by atoms with van der Waals surface area (Å²) < 4.78 is 0. The molecule has 1 rings (SSSR count). The number of carbonyl (C=O) groups is 1. The zero-order valence-corrected chi connectivity index (χ0v) is 7.90. The first kappa shape index (κ1) is 10.5. The van der Waals surface area contributed by atoms with E-state index < -0.39 is 12.2 Å². The number of carboxylic acid groups (broad SMARTS) is 1. The number of hydrogen-bond acceptors (Lipinski definition) is 3. The molecule has 1 aliphatic carbocycles. The predicted molar refractivity (Wildman–Crippen MR) is 52.4 cm³/mol. The lowest BCUT2D eigenvalue weighted by Gasteiger charge is -2.11. The lowest BCUT2D eigenvalue weighted by molar-refractivity contribution is -0.132. The topological polar surface area (TPSA) is 69.6 Å². The molecule has 0 saturated carbocycles. The number of hydrogen-bond donors (Lipinski definition) is 3. The summed E-state index contributed by atoms with van der Waals surface area (Å²) in [6.07, 6.45) is 6.73. The van der Waals surface area contributed by atoms with Crippen LogP contribution in [0.2, 0.25) is 0 Å². The molecule has 14 heavy (non-hydrogen) atoms. The number of aliphatic carboxylic acids is 1. The van der Waals surface area contributed by atoms with E-state index in [9.17, 15) is 9.90 Å². The van der Waals surface area contributed by atoms with Crippen LogP contribution in [0.15, 0.2) is 35.6 Å². The fourth-order valence-electron chi connectivity index (χ4n) is 1.09. The number of carboxylic acids is 1. The van der Waals surface area contributed by atoms with Crippen LogP contribution in [0, 0.1) is 0 Å². The fraction of sp³-hybridized carbons (Fsp3) is 0.300. The quantitative estimate of drug-likeness (QED) is 0.457. The first-order chi connectivity index (χ1) is 6.59. The Morgan fingerprint density at radius 2 is 2.43 bits per heavy atom. The Morgan fingerprint density at radius 3 is 2.93 bits per heavy atom. The maximum atomic E-state index is 10.4. The molecule has 0 aliphatic heterocycles. The summed E-state index contributed by atoms with van der Waals surface area (Å²) in [6, 6.07) is 0. The standard InChI is InChI=1S/C10H13NO3/c1-7(10(13)14)6-9(12)11-8-4-2-3-5-8/h2-4,6,9,11-12H,5H2,1H3,(H,13,14)/b7-6-. The van der Waals surface area contributed by atoms with Gasteiger partial charge in [0, 0.05) is 17.7 Å². The summed E-state index contributed by atoms with van der Waals surface area (Å²) in [5, 5.41) is 20.7. The minimum absolute atomic E-state index is 0.122. The van der Waals surface area contributed by atoms with Gasteiger partial charge in [-0.1, -0.05) is 12.2 Å². The highest BCUT2D eigenvalue weighted by Gasteiger charge is 2.06. The monoisotopic (exact) mass is 195 g/mol. The maximum absolute atomic E-state index is 10.4. The molecular weight excluding hydrogens is 182 g/mol. The molecule has 0 fully saturated rings. The van der Waals surface area contributed by atoms with Gasteiger partial charge in [0.25, 0.3) is 0 Å². The van der Waals surface area contributed by atoms with Gasteiger partial charge in [0.05, 0.1) is 0 Å². The highest BCUT2D eigenvalue weighted by Crippen LogP contribution is 2.07. The molecule has 4 nitrogen and oxygen atoms in total. The normalized spacial score (nSPS) is 17.9. The minimum atomic E-state index is -1.02. The second-order valence-electron chi connectivity index (χ2n) is 3.07. The molecule has 0 aromatic heterocycles. The van der Waals surface area contributed by atoms with Crippen LogP contribution >= 0.6 is 0 Å². The third-order valence-electron chi connectivity index (χ3n) is 1.85. The Hall–Kier alpha value is -1.55. The van der Waals surface area contributed by atoms with Crippen LogP contribution in [0.4, 0.5) is 0 Å². The van der Waals surface area contributed by atoms with Gasteiger partial charge in [-0.25, -0.2) is 4.79 Å². The SMILES string of the molecule is C/C(=C/C(O)NC1=CC=CC1)C(=O)O. The molecule has 0 spiro atoms. The van der Waals surface area contributed by atoms with E-state index in [0.29, 0.717) is 0 Å². The molecule has 4 heteroatoms. The number of aliphatic hydroxyl groups excluding tert-OH is 1. The van der Waals surface area contributed by atoms with Crippen LogP contribution in [-0.2, 0) is 4.79 Å². The number of nitrogens with one attached hydrogen (secondary N) is 1. The van der Waals surface area contributed by atoms with Crippen molar-refractivity contribution in [2.75, 3.05) is 0 Å². The second-order valence-corrected chi connectivity index (χ2v) is 3.07. The van der Waals surface area contributed by atoms with E-state index in [4.69, 9.17) is 5.11 Å². The van der Waals surface area contributed by atoms with Gasteiger partial charge in [0.2, 0.25) is 0 Å². The van der Waals surface area contributed by atoms with Crippen molar-refractivity contribution in [3.05, 3.63) is 35.6 Å². The van der Waals surface area contributed by atoms with E-state index in [-0.39, 0.29) is 5.57 Å². The highest BCUT2D eigenvalue weighted by molar-refractivity contribution is 5.85. The van der Waals surface area contributed by atoms with Gasteiger partial charge in [-0.2, -0.15) is 0 Å². The first-order valence-corrected chi connectivity index (χ1v) is 4.31. The van der Waals surface area contributed by atoms with Crippen molar-refractivity contribution in [2.45, 2.75) is 19.6 Å². The summed E-state index contributed by atoms with van der Waals surface area (Å²) in [5.74, 6) is -1.02. The molecule has 0 radical (unpaired) electrons. The van der Waals surface area contributed by atoms with Crippen LogP contribution in [-0.4, -0.2) is 22.4 Å². The Labute approximate surface area is 82.2 Å². The van der Waals surface area contributed by atoms with Crippen LogP contribution in [0.3, 0.4) is 0 Å². The van der Waals surface area contributed by atoms with Crippen molar-refractivity contribution in [1.82, 2.24) is 5.32 Å². The zero-order chi connectivity index (χ0) is 10.6. The first-order valence-electron chi connectivity index (χ1n) is 4.31. The van der Waals surface area contributed by atoms with Gasteiger partial charge >= 0.3 is 5.97 Å². The number of allylic oxidation sites excluding steroid dienone is 3. The van der Waals surface area contributed by atoms with Crippen molar-refractivity contribution >= 4 is 5.97 Å². The van der Waals surface area contributed by atoms with Crippen molar-refractivity contribution in [3.63, 3.8) is 0 Å². The summed E-state index contributed by atoms with van der Waals surface area (Å²) in [6.45, 7) is 1.44. The smallest absolute Gasteiger partial charge is 0.331 e. The lowest BCUT2D eigenvalue weighted by Crippen LogP contribution is -2.26. The van der Waals surface area contributed by atoms with Gasteiger partial charge in [-0.3, -0.25) is 0 Å². The van der Waals surface area contributed by atoms with Gasteiger partial charge < -0.3 is 15.5 Å². The molecule has 0 bridgehead atoms. The fourth-order valence-corrected chi connectivity index (χ4v) is 1.09. The van der Waals surface area contributed by atoms with E-state index in [0.717, 1.165) is 12.1 Å². The predicted octanol–water partition coefficient (Wildman–Crippen LogP) is 0.769. The van der Waals surface area contributed by atoms with Gasteiger partial charge in [-0.05, 0) is 19.1 Å². The van der Waals surface area contributed by atoms with Crippen molar-refractivity contribution in [1.29, 1.82) is 0 Å². The van der Waals surface area contributed by atoms with Crippen molar-refractivity contribution in [3.8, 4) is 0 Å². The summed E-state index contributed by atoms with van der Waals surface area (Å²) >= 11 is 0. The third kappa shape index (κ3) is 3.06. The summed E-state index contributed by atoms with van der Waals surface area (Å²) in [7, 11) is 0. The lowest BCUT2D eigenvalue weighted by atomic mass is 10.2. The molecule has 3 N–H and O–H groups in total. The average molecular weight is 195 g/mol. The number of rotatable bonds is 4. The molecule has 0 heterocycles. The van der Waals surface area contributed by atoms with Gasteiger partial charge in [-0.15, -0.1) is 0 Å². The second kappa shape index (κ2) is 4.62. The van der Waals surface area contributed by atoms with E-state index in [2.05, 4.69) is 5.32 Å². The van der Waals surface area contributed by atoms with Crippen LogP contribution < -0.4 is 5.32 Å². The highest BCUT2D eigenvalue weighted by atomic mass is 16.4. The molecular formula is C10H13NO3. The average Bonchev–Trinajstić information content (AvgIpc) is 2.56. The number of aliphatic hydroxyl groups is 1. The zero-order valence-electron chi connectivity index (χ0n) is 7.90. The Bertz CT molecular complexity index is 315. The molecule has 1 unspecified atom stereocenters. The molecule has 76 valence electrons. The van der Waals surface area contributed by atoms with Crippen LogP contribution in [0.5, 0.6) is 0 Å². The Kier molecular flexibility index (Phi) is 3.48. The van der Waals surface area contributed by atoms with Crippen LogP contribution in [0.1, 0.15) is 13.3 Å². The van der Waals surface area contributed by atoms with Crippen molar-refractivity contribution in [2.24, 2.45) is 0 Å². The largest absolute Gasteiger partial charge is 0.478 e.